The van der Waals surface area contributed by atoms with E-state index in [2.05, 4.69) is 36.7 Å². The summed E-state index contributed by atoms with van der Waals surface area (Å²) in [5.74, 6) is -0.168. The molecule has 3 fully saturated rings. The van der Waals surface area contributed by atoms with Crippen LogP contribution in [0.1, 0.15) is 52.9 Å². The zero-order valence-electron chi connectivity index (χ0n) is 15.5. The summed E-state index contributed by atoms with van der Waals surface area (Å²) in [5, 5.41) is 9.05. The smallest absolute Gasteiger partial charge is 0.325 e. The van der Waals surface area contributed by atoms with Crippen molar-refractivity contribution < 1.29 is 14.4 Å². The van der Waals surface area contributed by atoms with Crippen molar-refractivity contribution in [2.24, 2.45) is 11.3 Å². The molecule has 7 heteroatoms. The maximum absolute atomic E-state index is 13.0. The molecule has 0 bridgehead atoms. The summed E-state index contributed by atoms with van der Waals surface area (Å²) in [6, 6.07) is -0.151. The van der Waals surface area contributed by atoms with Crippen LogP contribution in [0.3, 0.4) is 0 Å². The van der Waals surface area contributed by atoms with Crippen LogP contribution in [0.25, 0.3) is 0 Å². The van der Waals surface area contributed by atoms with E-state index in [0.29, 0.717) is 31.3 Å². The number of nitrogens with zero attached hydrogens (tertiary/aromatic N) is 1. The van der Waals surface area contributed by atoms with Crippen molar-refractivity contribution in [3.05, 3.63) is 0 Å². The highest BCUT2D eigenvalue weighted by Crippen LogP contribution is 2.46. The molecule has 1 saturated carbocycles. The SMILES string of the molecule is CC1CC(C)(C)CC2(C1)NC(=O)N(CC(=O)NCC1CCCN1)C2=O. The molecule has 7 nitrogen and oxygen atoms in total. The second-order valence-corrected chi connectivity index (χ2v) is 8.86. The first-order valence-corrected chi connectivity index (χ1v) is 9.35. The van der Waals surface area contributed by atoms with Crippen LogP contribution in [0.4, 0.5) is 4.79 Å². The Labute approximate surface area is 149 Å². The molecule has 0 radical (unpaired) electrons. The number of carbonyl (C=O) groups excluding carboxylic acids is 3. The lowest BCUT2D eigenvalue weighted by Gasteiger charge is -2.43. The Morgan fingerprint density at radius 2 is 2.08 bits per heavy atom. The number of hydrogen-bond donors (Lipinski definition) is 3. The van der Waals surface area contributed by atoms with E-state index >= 15 is 0 Å². The summed E-state index contributed by atoms with van der Waals surface area (Å²) in [6.45, 7) is 7.70. The number of rotatable bonds is 4. The van der Waals surface area contributed by atoms with Gasteiger partial charge in [-0.25, -0.2) is 4.79 Å². The quantitative estimate of drug-likeness (QED) is 0.660. The highest BCUT2D eigenvalue weighted by Gasteiger charge is 2.56. The van der Waals surface area contributed by atoms with E-state index in [0.717, 1.165) is 30.7 Å². The van der Waals surface area contributed by atoms with Gasteiger partial charge in [0.1, 0.15) is 12.1 Å². The van der Waals surface area contributed by atoms with E-state index in [9.17, 15) is 14.4 Å². The highest BCUT2D eigenvalue weighted by atomic mass is 16.2. The maximum atomic E-state index is 13.0. The van der Waals surface area contributed by atoms with Gasteiger partial charge in [-0.15, -0.1) is 0 Å². The average molecular weight is 350 g/mol. The number of amides is 4. The lowest BCUT2D eigenvalue weighted by Crippen LogP contribution is -2.54. The van der Waals surface area contributed by atoms with E-state index < -0.39 is 11.6 Å². The number of nitrogens with one attached hydrogen (secondary N) is 3. The fourth-order valence-corrected chi connectivity index (χ4v) is 5.02. The Kier molecular flexibility index (Phi) is 4.79. The highest BCUT2D eigenvalue weighted by molar-refractivity contribution is 6.09. The summed E-state index contributed by atoms with van der Waals surface area (Å²) in [4.78, 5) is 38.6. The van der Waals surface area contributed by atoms with Crippen LogP contribution in [0.5, 0.6) is 0 Å². The first-order chi connectivity index (χ1) is 11.7. The van der Waals surface area contributed by atoms with Gasteiger partial charge in [0.25, 0.3) is 5.91 Å². The van der Waals surface area contributed by atoms with Crippen LogP contribution < -0.4 is 16.0 Å². The number of carbonyl (C=O) groups is 3. The molecule has 2 heterocycles. The monoisotopic (exact) mass is 350 g/mol. The fraction of sp³-hybridized carbons (Fsp3) is 0.833. The number of hydrogen-bond acceptors (Lipinski definition) is 4. The van der Waals surface area contributed by atoms with Crippen LogP contribution in [-0.4, -0.2) is 54.0 Å². The standard InChI is InChI=1S/C18H30N4O3/c1-12-7-17(2,3)11-18(8-12)15(24)22(16(25)21-18)10-14(23)20-9-13-5-4-6-19-13/h12-13,19H,4-11H2,1-3H3,(H,20,23)(H,21,25). The number of imide groups is 1. The molecule has 0 aromatic heterocycles. The van der Waals surface area contributed by atoms with E-state index in [1.54, 1.807) is 0 Å². The van der Waals surface area contributed by atoms with Gasteiger partial charge >= 0.3 is 6.03 Å². The van der Waals surface area contributed by atoms with Crippen molar-refractivity contribution in [3.63, 3.8) is 0 Å². The topological polar surface area (TPSA) is 90.5 Å². The minimum absolute atomic E-state index is 0.00693. The van der Waals surface area contributed by atoms with Crippen LogP contribution >= 0.6 is 0 Å². The summed E-state index contributed by atoms with van der Waals surface area (Å²) in [7, 11) is 0. The zero-order valence-corrected chi connectivity index (χ0v) is 15.5. The lowest BCUT2D eigenvalue weighted by atomic mass is 9.64. The van der Waals surface area contributed by atoms with Gasteiger partial charge in [0.05, 0.1) is 0 Å². The van der Waals surface area contributed by atoms with Crippen molar-refractivity contribution >= 4 is 17.8 Å². The predicted octanol–water partition coefficient (Wildman–Crippen LogP) is 0.991. The molecule has 140 valence electrons. The van der Waals surface area contributed by atoms with Gasteiger partial charge < -0.3 is 16.0 Å². The summed E-state index contributed by atoms with van der Waals surface area (Å²) >= 11 is 0. The van der Waals surface area contributed by atoms with Gasteiger partial charge in [-0.05, 0) is 50.0 Å². The molecule has 25 heavy (non-hydrogen) atoms. The molecule has 3 rings (SSSR count). The minimum Gasteiger partial charge on any atom is -0.353 e. The predicted molar refractivity (Wildman–Crippen MR) is 93.8 cm³/mol. The van der Waals surface area contributed by atoms with Crippen molar-refractivity contribution in [1.82, 2.24) is 20.9 Å². The molecule has 3 atom stereocenters. The van der Waals surface area contributed by atoms with Gasteiger partial charge in [-0.3, -0.25) is 14.5 Å². The summed E-state index contributed by atoms with van der Waals surface area (Å²) in [6.07, 6.45) is 4.46. The molecular weight excluding hydrogens is 320 g/mol. The third kappa shape index (κ3) is 3.81. The largest absolute Gasteiger partial charge is 0.353 e. The minimum atomic E-state index is -0.842. The second kappa shape index (κ2) is 6.59. The van der Waals surface area contributed by atoms with E-state index in [1.165, 1.54) is 0 Å². The summed E-state index contributed by atoms with van der Waals surface area (Å²) in [5.41, 5.74) is -0.849. The molecule has 2 saturated heterocycles. The van der Waals surface area contributed by atoms with Gasteiger partial charge in [0, 0.05) is 12.6 Å². The molecule has 1 spiro atoms. The van der Waals surface area contributed by atoms with Crippen molar-refractivity contribution in [3.8, 4) is 0 Å². The Hall–Kier alpha value is -1.63. The first-order valence-electron chi connectivity index (χ1n) is 9.35. The normalized spacial score (nSPS) is 34.4. The summed E-state index contributed by atoms with van der Waals surface area (Å²) < 4.78 is 0. The molecule has 0 aromatic rings. The second-order valence-electron chi connectivity index (χ2n) is 8.86. The van der Waals surface area contributed by atoms with Crippen LogP contribution in [0.15, 0.2) is 0 Å². The molecule has 3 N–H and O–H groups in total. The molecule has 1 aliphatic carbocycles. The van der Waals surface area contributed by atoms with Gasteiger partial charge in [0.15, 0.2) is 0 Å². The van der Waals surface area contributed by atoms with E-state index in [1.807, 2.05) is 0 Å². The van der Waals surface area contributed by atoms with Crippen LogP contribution in [-0.2, 0) is 9.59 Å². The fourth-order valence-electron chi connectivity index (χ4n) is 5.02. The Morgan fingerprint density at radius 3 is 2.72 bits per heavy atom. The molecule has 3 unspecified atom stereocenters. The van der Waals surface area contributed by atoms with Crippen LogP contribution in [0, 0.1) is 11.3 Å². The van der Waals surface area contributed by atoms with Gasteiger partial charge in [0.2, 0.25) is 5.91 Å². The van der Waals surface area contributed by atoms with E-state index in [4.69, 9.17) is 0 Å². The van der Waals surface area contributed by atoms with Crippen molar-refractivity contribution in [2.45, 2.75) is 64.5 Å². The molecule has 2 aliphatic heterocycles. The van der Waals surface area contributed by atoms with Gasteiger partial charge in [-0.2, -0.15) is 0 Å². The van der Waals surface area contributed by atoms with E-state index in [-0.39, 0.29) is 23.8 Å². The molecule has 0 aromatic carbocycles. The van der Waals surface area contributed by atoms with Crippen LogP contribution in [0.2, 0.25) is 0 Å². The van der Waals surface area contributed by atoms with Crippen molar-refractivity contribution in [2.75, 3.05) is 19.6 Å². The first kappa shape index (κ1) is 18.2. The maximum Gasteiger partial charge on any atom is 0.325 e. The Bertz CT molecular complexity index is 571. The lowest BCUT2D eigenvalue weighted by molar-refractivity contribution is -0.137. The molecule has 3 aliphatic rings. The third-order valence-corrected chi connectivity index (χ3v) is 5.63. The van der Waals surface area contributed by atoms with Gasteiger partial charge in [-0.1, -0.05) is 20.8 Å². The average Bonchev–Trinajstić information content (AvgIpc) is 3.06. The number of urea groups is 1. The zero-order chi connectivity index (χ0) is 18.2. The van der Waals surface area contributed by atoms with Crippen molar-refractivity contribution in [1.29, 1.82) is 0 Å². The molecular formula is C18H30N4O3. The molecule has 4 amide bonds. The Balaban J connectivity index is 1.62. The third-order valence-electron chi connectivity index (χ3n) is 5.63. The Morgan fingerprint density at radius 1 is 1.32 bits per heavy atom.